The van der Waals surface area contributed by atoms with Gasteiger partial charge in [0, 0.05) is 71.7 Å². The highest BCUT2D eigenvalue weighted by atomic mass is 35.5. The van der Waals surface area contributed by atoms with Crippen LogP contribution in [0.4, 0.5) is 11.4 Å². The summed E-state index contributed by atoms with van der Waals surface area (Å²) < 4.78 is 0. The van der Waals surface area contributed by atoms with E-state index in [4.69, 9.17) is 23.2 Å². The van der Waals surface area contributed by atoms with Crippen molar-refractivity contribution in [3.05, 3.63) is 93.5 Å². The van der Waals surface area contributed by atoms with Crippen molar-refractivity contribution >= 4 is 52.2 Å². The Bertz CT molecular complexity index is 1520. The van der Waals surface area contributed by atoms with Crippen molar-refractivity contribution in [1.82, 2.24) is 9.80 Å². The fourth-order valence-corrected chi connectivity index (χ4v) is 7.13. The van der Waals surface area contributed by atoms with Gasteiger partial charge < -0.3 is 15.1 Å². The molecule has 3 heterocycles. The van der Waals surface area contributed by atoms with Gasteiger partial charge in [-0.1, -0.05) is 41.4 Å². The molecule has 0 radical (unpaired) electrons. The highest BCUT2D eigenvalue weighted by Crippen LogP contribution is 2.45. The second kappa shape index (κ2) is 11.7. The SMILES string of the molecule is CC(=O)c1ccc(N2CCN(C(=O)C3CCCN(C4(Cc5cccc(Cl)c5)C(=O)Nc5cc(Cl)ccc54)C3)CC2)cc1. The molecule has 42 heavy (non-hydrogen) atoms. The van der Waals surface area contributed by atoms with Crippen molar-refractivity contribution in [2.24, 2.45) is 5.92 Å². The van der Waals surface area contributed by atoms with Crippen LogP contribution in [0.5, 0.6) is 0 Å². The van der Waals surface area contributed by atoms with Crippen LogP contribution in [0.1, 0.15) is 41.3 Å². The lowest BCUT2D eigenvalue weighted by Gasteiger charge is -2.45. The lowest BCUT2D eigenvalue weighted by molar-refractivity contribution is -0.141. The van der Waals surface area contributed by atoms with Crippen molar-refractivity contribution in [3.8, 4) is 0 Å². The number of ketones is 1. The Hall–Kier alpha value is -3.39. The fourth-order valence-electron chi connectivity index (χ4n) is 6.75. The predicted molar refractivity (Wildman–Crippen MR) is 166 cm³/mol. The summed E-state index contributed by atoms with van der Waals surface area (Å²) in [4.78, 5) is 45.8. The third-order valence-corrected chi connectivity index (χ3v) is 9.41. The normalized spacial score (nSPS) is 22.5. The number of rotatable bonds is 6. The lowest BCUT2D eigenvalue weighted by Crippen LogP contribution is -2.58. The number of likely N-dealkylation sites (tertiary alicyclic amines) is 1. The molecule has 3 aliphatic rings. The minimum atomic E-state index is -0.964. The summed E-state index contributed by atoms with van der Waals surface area (Å²) >= 11 is 12.6. The molecule has 2 atom stereocenters. The lowest BCUT2D eigenvalue weighted by atomic mass is 9.80. The number of amides is 2. The Kier molecular flexibility index (Phi) is 8.01. The molecule has 7 nitrogen and oxygen atoms in total. The third-order valence-electron chi connectivity index (χ3n) is 8.94. The van der Waals surface area contributed by atoms with Gasteiger partial charge >= 0.3 is 0 Å². The standard InChI is InChI=1S/C33H34Cl2N4O3/c1-22(40)24-7-10-28(11-8-24)37-14-16-38(17-15-37)31(41)25-5-3-13-39(21-25)33(20-23-4-2-6-26(34)18-23)29-12-9-27(35)19-30(29)36-32(33)42/h2,4,6-12,18-19,25H,3,5,13-17,20-21H2,1H3,(H,36,42). The number of hydrogen-bond donors (Lipinski definition) is 1. The van der Waals surface area contributed by atoms with Crippen molar-refractivity contribution < 1.29 is 14.4 Å². The van der Waals surface area contributed by atoms with Gasteiger partial charge in [-0.3, -0.25) is 19.3 Å². The summed E-state index contributed by atoms with van der Waals surface area (Å²) in [5, 5.41) is 4.27. The van der Waals surface area contributed by atoms with Crippen LogP contribution in [0.15, 0.2) is 66.7 Å². The minimum Gasteiger partial charge on any atom is -0.368 e. The van der Waals surface area contributed by atoms with Crippen LogP contribution < -0.4 is 10.2 Å². The van der Waals surface area contributed by atoms with Crippen LogP contribution >= 0.6 is 23.2 Å². The molecule has 1 N–H and O–H groups in total. The molecule has 0 aromatic heterocycles. The van der Waals surface area contributed by atoms with Crippen LogP contribution in [0, 0.1) is 5.92 Å². The fraction of sp³-hybridized carbons (Fsp3) is 0.364. The molecule has 0 spiro atoms. The molecular weight excluding hydrogens is 571 g/mol. The van der Waals surface area contributed by atoms with Crippen LogP contribution in [0.3, 0.4) is 0 Å². The van der Waals surface area contributed by atoms with Gasteiger partial charge in [-0.2, -0.15) is 0 Å². The summed E-state index contributed by atoms with van der Waals surface area (Å²) in [6.07, 6.45) is 2.06. The minimum absolute atomic E-state index is 0.0511. The number of nitrogens with one attached hydrogen (secondary N) is 1. The van der Waals surface area contributed by atoms with Crippen molar-refractivity contribution in [3.63, 3.8) is 0 Å². The van der Waals surface area contributed by atoms with Gasteiger partial charge in [-0.15, -0.1) is 0 Å². The summed E-state index contributed by atoms with van der Waals surface area (Å²) in [5.41, 5.74) is 3.36. The number of nitrogens with zero attached hydrogens (tertiary/aromatic N) is 3. The maximum atomic E-state index is 13.9. The van der Waals surface area contributed by atoms with E-state index in [-0.39, 0.29) is 23.5 Å². The molecule has 2 saturated heterocycles. The van der Waals surface area contributed by atoms with E-state index in [2.05, 4.69) is 15.1 Å². The maximum absolute atomic E-state index is 13.9. The Morgan fingerprint density at radius 3 is 2.38 bits per heavy atom. The van der Waals surface area contributed by atoms with E-state index < -0.39 is 5.54 Å². The molecule has 0 aliphatic carbocycles. The van der Waals surface area contributed by atoms with Crippen molar-refractivity contribution in [1.29, 1.82) is 0 Å². The van der Waals surface area contributed by atoms with Crippen LogP contribution in [-0.2, 0) is 21.5 Å². The number of fused-ring (bicyclic) bond motifs is 1. The first-order valence-electron chi connectivity index (χ1n) is 14.5. The topological polar surface area (TPSA) is 73.0 Å². The summed E-state index contributed by atoms with van der Waals surface area (Å²) in [5.74, 6) is -0.0908. The molecule has 0 bridgehead atoms. The Labute approximate surface area is 256 Å². The van der Waals surface area contributed by atoms with Crippen LogP contribution in [-0.4, -0.2) is 66.7 Å². The molecule has 2 fully saturated rings. The smallest absolute Gasteiger partial charge is 0.249 e. The first-order chi connectivity index (χ1) is 20.2. The molecule has 3 aliphatic heterocycles. The van der Waals surface area contributed by atoms with E-state index in [1.807, 2.05) is 65.6 Å². The van der Waals surface area contributed by atoms with Crippen molar-refractivity contribution in [2.75, 3.05) is 49.5 Å². The summed E-state index contributed by atoms with van der Waals surface area (Å²) in [7, 11) is 0. The van der Waals surface area contributed by atoms with E-state index in [9.17, 15) is 14.4 Å². The maximum Gasteiger partial charge on any atom is 0.249 e. The zero-order valence-electron chi connectivity index (χ0n) is 23.6. The number of carbonyl (C=O) groups is 3. The third kappa shape index (κ3) is 5.41. The van der Waals surface area contributed by atoms with Crippen LogP contribution in [0.2, 0.25) is 10.0 Å². The predicted octanol–water partition coefficient (Wildman–Crippen LogP) is 5.65. The largest absolute Gasteiger partial charge is 0.368 e. The number of piperidine rings is 1. The molecule has 0 saturated carbocycles. The molecule has 218 valence electrons. The van der Waals surface area contributed by atoms with Gasteiger partial charge in [-0.05, 0) is 80.4 Å². The Morgan fingerprint density at radius 2 is 1.67 bits per heavy atom. The average molecular weight is 606 g/mol. The monoisotopic (exact) mass is 604 g/mol. The second-order valence-electron chi connectivity index (χ2n) is 11.5. The molecule has 3 aromatic rings. The number of halogens is 2. The van der Waals surface area contributed by atoms with Gasteiger partial charge in [0.2, 0.25) is 11.8 Å². The number of Topliss-reactive ketones (excluding diaryl/α,β-unsaturated/α-hetero) is 1. The van der Waals surface area contributed by atoms with Crippen LogP contribution in [0.25, 0.3) is 0 Å². The van der Waals surface area contributed by atoms with E-state index in [1.54, 1.807) is 13.0 Å². The number of piperazine rings is 1. The highest BCUT2D eigenvalue weighted by molar-refractivity contribution is 6.31. The zero-order chi connectivity index (χ0) is 29.4. The second-order valence-corrected chi connectivity index (χ2v) is 12.4. The zero-order valence-corrected chi connectivity index (χ0v) is 25.1. The molecule has 3 aromatic carbocycles. The molecule has 2 unspecified atom stereocenters. The van der Waals surface area contributed by atoms with Gasteiger partial charge in [-0.25, -0.2) is 0 Å². The number of anilines is 2. The Balaban J connectivity index is 1.20. The number of hydrogen-bond acceptors (Lipinski definition) is 5. The molecule has 6 rings (SSSR count). The van der Waals surface area contributed by atoms with E-state index in [1.165, 1.54) is 0 Å². The summed E-state index contributed by atoms with van der Waals surface area (Å²) in [6, 6.07) is 20.9. The van der Waals surface area contributed by atoms with Gasteiger partial charge in [0.15, 0.2) is 5.78 Å². The van der Waals surface area contributed by atoms with Gasteiger partial charge in [0.1, 0.15) is 5.54 Å². The molecule has 2 amide bonds. The Morgan fingerprint density at radius 1 is 0.929 bits per heavy atom. The summed E-state index contributed by atoms with van der Waals surface area (Å²) in [6.45, 7) is 5.52. The van der Waals surface area contributed by atoms with E-state index >= 15 is 0 Å². The first-order valence-corrected chi connectivity index (χ1v) is 15.3. The van der Waals surface area contributed by atoms with E-state index in [0.717, 1.165) is 48.4 Å². The van der Waals surface area contributed by atoms with Gasteiger partial charge in [0.05, 0.1) is 5.92 Å². The number of carbonyl (C=O) groups excluding carboxylic acids is 3. The van der Waals surface area contributed by atoms with Crippen molar-refractivity contribution in [2.45, 2.75) is 31.7 Å². The first kappa shape index (κ1) is 28.7. The highest BCUT2D eigenvalue weighted by Gasteiger charge is 2.52. The molecular formula is C33H34Cl2N4O3. The number of benzene rings is 3. The van der Waals surface area contributed by atoms with E-state index in [0.29, 0.717) is 48.2 Å². The average Bonchev–Trinajstić information content (AvgIpc) is 3.27. The quantitative estimate of drug-likeness (QED) is 0.368. The van der Waals surface area contributed by atoms with Gasteiger partial charge in [0.25, 0.3) is 0 Å². The molecule has 9 heteroatoms.